The van der Waals surface area contributed by atoms with Crippen molar-refractivity contribution >= 4 is 27.3 Å². The highest BCUT2D eigenvalue weighted by Gasteiger charge is 2.39. The van der Waals surface area contributed by atoms with Crippen molar-refractivity contribution < 1.29 is 18.3 Å². The van der Waals surface area contributed by atoms with Crippen LogP contribution in [-0.4, -0.2) is 36.4 Å². The number of aryl methyl sites for hydroxylation is 2. The lowest BCUT2D eigenvalue weighted by atomic mass is 10.4. The standard InChI is InChI=1S/C12H17NO4S2/c1-8-7-11(9(2)18-8)19(16,17)13(10-3-4-10)6-5-12(14)15/h7,10H,3-6H2,1-2H3,(H,14,15). The van der Waals surface area contributed by atoms with Gasteiger partial charge in [0.05, 0.1) is 11.3 Å². The first-order chi connectivity index (χ1) is 8.82. The van der Waals surface area contributed by atoms with Crippen molar-refractivity contribution in [2.75, 3.05) is 6.54 Å². The number of rotatable bonds is 6. The molecule has 0 aromatic carbocycles. The van der Waals surface area contributed by atoms with Crippen molar-refractivity contribution in [3.8, 4) is 0 Å². The lowest BCUT2D eigenvalue weighted by Crippen LogP contribution is -2.35. The van der Waals surface area contributed by atoms with Gasteiger partial charge in [-0.2, -0.15) is 4.31 Å². The van der Waals surface area contributed by atoms with E-state index in [0.717, 1.165) is 22.6 Å². The Labute approximate surface area is 116 Å². The summed E-state index contributed by atoms with van der Waals surface area (Å²) < 4.78 is 26.6. The minimum Gasteiger partial charge on any atom is -0.481 e. The van der Waals surface area contributed by atoms with E-state index in [1.807, 2.05) is 6.92 Å². The van der Waals surface area contributed by atoms with Crippen LogP contribution in [0.3, 0.4) is 0 Å². The van der Waals surface area contributed by atoms with Crippen LogP contribution in [0.4, 0.5) is 0 Å². The van der Waals surface area contributed by atoms with Gasteiger partial charge in [-0.05, 0) is 32.8 Å². The van der Waals surface area contributed by atoms with Gasteiger partial charge < -0.3 is 5.11 Å². The molecule has 1 aromatic heterocycles. The first-order valence-electron chi connectivity index (χ1n) is 6.13. The van der Waals surface area contributed by atoms with Crippen LogP contribution in [0.15, 0.2) is 11.0 Å². The molecule has 0 bridgehead atoms. The second-order valence-corrected chi connectivity index (χ2v) is 8.09. The minimum atomic E-state index is -3.56. The topological polar surface area (TPSA) is 74.7 Å². The molecule has 0 unspecified atom stereocenters. The van der Waals surface area contributed by atoms with Crippen molar-refractivity contribution in [2.24, 2.45) is 0 Å². The lowest BCUT2D eigenvalue weighted by molar-refractivity contribution is -0.137. The van der Waals surface area contributed by atoms with Crippen molar-refractivity contribution in [3.05, 3.63) is 15.8 Å². The van der Waals surface area contributed by atoms with Gasteiger partial charge in [-0.25, -0.2) is 8.42 Å². The molecule has 0 spiro atoms. The number of carbonyl (C=O) groups is 1. The molecule has 0 radical (unpaired) electrons. The summed E-state index contributed by atoms with van der Waals surface area (Å²) >= 11 is 1.45. The van der Waals surface area contributed by atoms with Gasteiger partial charge in [-0.1, -0.05) is 0 Å². The molecule has 0 aliphatic heterocycles. The van der Waals surface area contributed by atoms with E-state index in [2.05, 4.69) is 0 Å². The Morgan fingerprint density at radius 3 is 2.53 bits per heavy atom. The van der Waals surface area contributed by atoms with E-state index in [-0.39, 0.29) is 19.0 Å². The van der Waals surface area contributed by atoms with Gasteiger partial charge in [-0.3, -0.25) is 4.79 Å². The molecule has 1 N–H and O–H groups in total. The van der Waals surface area contributed by atoms with E-state index < -0.39 is 16.0 Å². The van der Waals surface area contributed by atoms with Crippen LogP contribution in [0.1, 0.15) is 29.0 Å². The smallest absolute Gasteiger partial charge is 0.304 e. The molecule has 1 saturated carbocycles. The SMILES string of the molecule is Cc1cc(S(=O)(=O)N(CCC(=O)O)C2CC2)c(C)s1. The molecule has 1 heterocycles. The van der Waals surface area contributed by atoms with Crippen LogP contribution < -0.4 is 0 Å². The fraction of sp³-hybridized carbons (Fsp3) is 0.583. The van der Waals surface area contributed by atoms with Gasteiger partial charge in [0.25, 0.3) is 0 Å². The maximum Gasteiger partial charge on any atom is 0.304 e. The zero-order chi connectivity index (χ0) is 14.2. The van der Waals surface area contributed by atoms with Gasteiger partial charge >= 0.3 is 5.97 Å². The molecule has 7 heteroatoms. The largest absolute Gasteiger partial charge is 0.481 e. The van der Waals surface area contributed by atoms with E-state index in [0.29, 0.717) is 4.90 Å². The maximum atomic E-state index is 12.6. The third kappa shape index (κ3) is 3.16. The number of hydrogen-bond donors (Lipinski definition) is 1. The Morgan fingerprint density at radius 1 is 1.47 bits per heavy atom. The van der Waals surface area contributed by atoms with Crippen LogP contribution in [0.25, 0.3) is 0 Å². The summed E-state index contributed by atoms with van der Waals surface area (Å²) in [5, 5.41) is 8.74. The fourth-order valence-corrected chi connectivity index (χ4v) is 5.27. The molecule has 1 fully saturated rings. The molecule has 2 rings (SSSR count). The fourth-order valence-electron chi connectivity index (χ4n) is 2.06. The monoisotopic (exact) mass is 303 g/mol. The van der Waals surface area contributed by atoms with Gasteiger partial charge in [0.15, 0.2) is 0 Å². The molecule has 5 nitrogen and oxygen atoms in total. The summed E-state index contributed by atoms with van der Waals surface area (Å²) in [5.74, 6) is -0.973. The average molecular weight is 303 g/mol. The predicted molar refractivity (Wildman–Crippen MR) is 73.0 cm³/mol. The van der Waals surface area contributed by atoms with Gasteiger partial charge in [0.1, 0.15) is 0 Å². The third-order valence-electron chi connectivity index (χ3n) is 3.08. The van der Waals surface area contributed by atoms with E-state index in [9.17, 15) is 13.2 Å². The van der Waals surface area contributed by atoms with Crippen molar-refractivity contribution in [3.63, 3.8) is 0 Å². The molecule has 1 aromatic rings. The zero-order valence-electron chi connectivity index (χ0n) is 10.9. The third-order valence-corrected chi connectivity index (χ3v) is 6.26. The van der Waals surface area contributed by atoms with Crippen molar-refractivity contribution in [1.29, 1.82) is 0 Å². The van der Waals surface area contributed by atoms with Gasteiger partial charge in [0, 0.05) is 22.3 Å². The number of carboxylic acid groups (broad SMARTS) is 1. The van der Waals surface area contributed by atoms with Gasteiger partial charge in [-0.15, -0.1) is 11.3 Å². The summed E-state index contributed by atoms with van der Waals surface area (Å²) in [6, 6.07) is 1.65. The second-order valence-electron chi connectivity index (χ2n) is 4.77. The molecule has 19 heavy (non-hydrogen) atoms. The van der Waals surface area contributed by atoms with Gasteiger partial charge in [0.2, 0.25) is 10.0 Å². The van der Waals surface area contributed by atoms with Crippen LogP contribution in [0.2, 0.25) is 0 Å². The first kappa shape index (κ1) is 14.5. The predicted octanol–water partition coefficient (Wildman–Crippen LogP) is 1.99. The molecular weight excluding hydrogens is 286 g/mol. The van der Waals surface area contributed by atoms with Crippen LogP contribution in [-0.2, 0) is 14.8 Å². The Balaban J connectivity index is 2.29. The van der Waals surface area contributed by atoms with Crippen LogP contribution >= 0.6 is 11.3 Å². The van der Waals surface area contributed by atoms with E-state index in [4.69, 9.17) is 5.11 Å². The molecule has 1 aliphatic rings. The Morgan fingerprint density at radius 2 is 2.11 bits per heavy atom. The number of hydrogen-bond acceptors (Lipinski definition) is 4. The molecule has 0 saturated heterocycles. The number of nitrogens with zero attached hydrogens (tertiary/aromatic N) is 1. The minimum absolute atomic E-state index is 0.0241. The molecule has 106 valence electrons. The number of carboxylic acids is 1. The molecule has 1 aliphatic carbocycles. The number of sulfonamides is 1. The quantitative estimate of drug-likeness (QED) is 0.872. The molecule has 0 amide bonds. The Bertz CT molecular complexity index is 587. The zero-order valence-corrected chi connectivity index (χ0v) is 12.6. The highest BCUT2D eigenvalue weighted by Crippen LogP contribution is 2.35. The first-order valence-corrected chi connectivity index (χ1v) is 8.38. The lowest BCUT2D eigenvalue weighted by Gasteiger charge is -2.20. The highest BCUT2D eigenvalue weighted by atomic mass is 32.2. The normalized spacial score (nSPS) is 15.9. The summed E-state index contributed by atoms with van der Waals surface area (Å²) in [6.45, 7) is 3.71. The summed E-state index contributed by atoms with van der Waals surface area (Å²) in [5.41, 5.74) is 0. The molecular formula is C12H17NO4S2. The summed E-state index contributed by atoms with van der Waals surface area (Å²) in [4.78, 5) is 12.7. The van der Waals surface area contributed by atoms with Crippen LogP contribution in [0, 0.1) is 13.8 Å². The van der Waals surface area contributed by atoms with Crippen molar-refractivity contribution in [2.45, 2.75) is 44.0 Å². The number of thiophene rings is 1. The maximum absolute atomic E-state index is 12.6. The summed E-state index contributed by atoms with van der Waals surface area (Å²) in [7, 11) is -3.56. The Kier molecular flexibility index (Phi) is 3.98. The van der Waals surface area contributed by atoms with E-state index in [1.54, 1.807) is 13.0 Å². The molecule has 0 atom stereocenters. The number of aliphatic carboxylic acids is 1. The van der Waals surface area contributed by atoms with Crippen molar-refractivity contribution in [1.82, 2.24) is 4.31 Å². The average Bonchev–Trinajstić information content (AvgIpc) is 3.03. The van der Waals surface area contributed by atoms with E-state index in [1.165, 1.54) is 15.6 Å². The second kappa shape index (κ2) is 5.22. The Hall–Kier alpha value is -0.920. The summed E-state index contributed by atoms with van der Waals surface area (Å²) in [6.07, 6.45) is 1.49. The van der Waals surface area contributed by atoms with E-state index >= 15 is 0 Å². The van der Waals surface area contributed by atoms with Crippen LogP contribution in [0.5, 0.6) is 0 Å². The highest BCUT2D eigenvalue weighted by molar-refractivity contribution is 7.89.